The molecule has 0 aromatic heterocycles. The van der Waals surface area contributed by atoms with E-state index in [0.717, 1.165) is 0 Å². The number of aliphatic carboxylic acids is 1. The Morgan fingerprint density at radius 1 is 1.17 bits per heavy atom. The normalized spacial score (nSPS) is 12.6. The maximum Gasteiger partial charge on any atom is 0.326 e. The molecule has 0 unspecified atom stereocenters. The van der Waals surface area contributed by atoms with Crippen LogP contribution in [0.2, 0.25) is 0 Å². The minimum Gasteiger partial charge on any atom is -0.480 e. The van der Waals surface area contributed by atoms with Crippen LogP contribution >= 0.6 is 0 Å². The smallest absolute Gasteiger partial charge is 0.326 e. The van der Waals surface area contributed by atoms with Crippen molar-refractivity contribution in [1.82, 2.24) is 4.72 Å². The summed E-state index contributed by atoms with van der Waals surface area (Å²) in [6.45, 7) is 0. The number of rotatable bonds is 10. The zero-order chi connectivity index (χ0) is 17.3. The van der Waals surface area contributed by atoms with Crippen molar-refractivity contribution in [2.45, 2.75) is 31.7 Å². The monoisotopic (exact) mass is 343 g/mol. The molecule has 2 N–H and O–H groups in total. The minimum atomic E-state index is -3.73. The van der Waals surface area contributed by atoms with Crippen molar-refractivity contribution < 1.29 is 27.9 Å². The third-order valence-corrected chi connectivity index (χ3v) is 4.62. The number of sulfonamides is 1. The zero-order valence-electron chi connectivity index (χ0n) is 12.9. The quantitative estimate of drug-likeness (QED) is 0.492. The molecular formula is C15H21NO6S. The molecule has 1 rings (SSSR count). The Morgan fingerprint density at radius 3 is 2.39 bits per heavy atom. The fraction of sp³-hybridized carbons (Fsp3) is 0.467. The van der Waals surface area contributed by atoms with Crippen LogP contribution in [0.15, 0.2) is 30.3 Å². The second kappa shape index (κ2) is 9.26. The van der Waals surface area contributed by atoms with E-state index >= 15 is 0 Å². The summed E-state index contributed by atoms with van der Waals surface area (Å²) in [6.07, 6.45) is 1.65. The predicted molar refractivity (Wildman–Crippen MR) is 84.2 cm³/mol. The molecule has 0 saturated carbocycles. The molecule has 0 bridgehead atoms. The van der Waals surface area contributed by atoms with Gasteiger partial charge in [-0.1, -0.05) is 36.8 Å². The molecule has 0 aliphatic carbocycles. The van der Waals surface area contributed by atoms with Crippen molar-refractivity contribution in [3.63, 3.8) is 0 Å². The summed E-state index contributed by atoms with van der Waals surface area (Å²) in [6, 6.07) is 6.81. The Labute approximate surface area is 135 Å². The Hall–Kier alpha value is -1.93. The summed E-state index contributed by atoms with van der Waals surface area (Å²) in [5.74, 6) is -1.78. The molecule has 0 amide bonds. The van der Waals surface area contributed by atoms with Gasteiger partial charge >= 0.3 is 11.9 Å². The topological polar surface area (TPSA) is 110 Å². The number of carboxylic acids is 1. The molecule has 8 heteroatoms. The number of ether oxygens (including phenoxy) is 1. The second-order valence-electron chi connectivity index (χ2n) is 5.01. The van der Waals surface area contributed by atoms with E-state index in [4.69, 9.17) is 0 Å². The highest BCUT2D eigenvalue weighted by Gasteiger charge is 2.25. The summed E-state index contributed by atoms with van der Waals surface area (Å²) >= 11 is 0. The van der Waals surface area contributed by atoms with E-state index in [1.165, 1.54) is 7.11 Å². The van der Waals surface area contributed by atoms with E-state index in [9.17, 15) is 23.1 Å². The van der Waals surface area contributed by atoms with Crippen LogP contribution in [0.4, 0.5) is 0 Å². The summed E-state index contributed by atoms with van der Waals surface area (Å²) in [5.41, 5.74) is 0.370. The van der Waals surface area contributed by atoms with Gasteiger partial charge in [0.15, 0.2) is 0 Å². The van der Waals surface area contributed by atoms with E-state index in [1.54, 1.807) is 30.3 Å². The van der Waals surface area contributed by atoms with Crippen LogP contribution in [0.3, 0.4) is 0 Å². The van der Waals surface area contributed by atoms with Crippen LogP contribution in [-0.2, 0) is 24.3 Å². The number of carbonyl (C=O) groups excluding carboxylic acids is 1. The number of carboxylic acid groups (broad SMARTS) is 1. The molecule has 1 aromatic rings. The molecule has 0 aliphatic heterocycles. The van der Waals surface area contributed by atoms with Gasteiger partial charge < -0.3 is 9.84 Å². The molecule has 0 saturated heterocycles. The van der Waals surface area contributed by atoms with Crippen LogP contribution in [-0.4, -0.2) is 38.3 Å². The highest BCUT2D eigenvalue weighted by Crippen LogP contribution is 2.14. The van der Waals surface area contributed by atoms with Gasteiger partial charge in [0.05, 0.1) is 12.9 Å². The summed E-state index contributed by atoms with van der Waals surface area (Å²) in [5, 5.41) is 9.21. The highest BCUT2D eigenvalue weighted by molar-refractivity contribution is 7.89. The summed E-state index contributed by atoms with van der Waals surface area (Å²) in [4.78, 5) is 22.2. The van der Waals surface area contributed by atoms with Crippen molar-refractivity contribution in [2.75, 3.05) is 12.9 Å². The lowest BCUT2D eigenvalue weighted by Gasteiger charge is -2.15. The average Bonchev–Trinajstić information content (AvgIpc) is 2.52. The van der Waals surface area contributed by atoms with E-state index < -0.39 is 22.0 Å². The van der Waals surface area contributed by atoms with Gasteiger partial charge in [0.2, 0.25) is 10.0 Å². The molecule has 23 heavy (non-hydrogen) atoms. The number of hydrogen-bond acceptors (Lipinski definition) is 5. The Kier molecular flexibility index (Phi) is 7.70. The number of methoxy groups -OCH3 is 1. The Morgan fingerprint density at radius 2 is 1.83 bits per heavy atom. The molecule has 0 fully saturated rings. The second-order valence-corrected chi connectivity index (χ2v) is 6.88. The van der Waals surface area contributed by atoms with Crippen molar-refractivity contribution >= 4 is 22.0 Å². The van der Waals surface area contributed by atoms with Crippen LogP contribution < -0.4 is 4.72 Å². The van der Waals surface area contributed by atoms with Crippen molar-refractivity contribution in [3.8, 4) is 0 Å². The molecule has 0 aliphatic rings. The first-order valence-electron chi connectivity index (χ1n) is 7.20. The van der Waals surface area contributed by atoms with Crippen molar-refractivity contribution in [3.05, 3.63) is 35.9 Å². The van der Waals surface area contributed by atoms with Gasteiger partial charge in [-0.05, 0) is 18.4 Å². The summed E-state index contributed by atoms with van der Waals surface area (Å²) in [7, 11) is -2.43. The minimum absolute atomic E-state index is 0.190. The fourth-order valence-electron chi connectivity index (χ4n) is 1.99. The number of carbonyl (C=O) groups is 2. The number of hydrogen-bond donors (Lipinski definition) is 2. The number of nitrogens with one attached hydrogen (secondary N) is 1. The van der Waals surface area contributed by atoms with Crippen molar-refractivity contribution in [1.29, 1.82) is 0 Å². The van der Waals surface area contributed by atoms with Gasteiger partial charge in [-0.2, -0.15) is 4.72 Å². The molecule has 0 radical (unpaired) electrons. The highest BCUT2D eigenvalue weighted by atomic mass is 32.2. The van der Waals surface area contributed by atoms with Crippen LogP contribution in [0, 0.1) is 0 Å². The number of esters is 1. The Balaban J connectivity index is 2.52. The van der Waals surface area contributed by atoms with Gasteiger partial charge in [-0.3, -0.25) is 9.59 Å². The third-order valence-electron chi connectivity index (χ3n) is 3.20. The van der Waals surface area contributed by atoms with Gasteiger partial charge in [-0.25, -0.2) is 8.42 Å². The van der Waals surface area contributed by atoms with Gasteiger partial charge in [-0.15, -0.1) is 0 Å². The lowest BCUT2D eigenvalue weighted by Crippen LogP contribution is -2.35. The Bertz CT molecular complexity index is 614. The van der Waals surface area contributed by atoms with Crippen molar-refractivity contribution in [2.24, 2.45) is 0 Å². The first kappa shape index (κ1) is 19.1. The van der Waals surface area contributed by atoms with Crippen LogP contribution in [0.5, 0.6) is 0 Å². The van der Waals surface area contributed by atoms with Crippen LogP contribution in [0.1, 0.15) is 37.3 Å². The standard InChI is InChI=1S/C15H21NO6S/c1-22-13(17)10-6-3-7-11-23(20,21)16-14(15(18)19)12-8-4-2-5-9-12/h2,4-5,8-9,14,16H,3,6-7,10-11H2,1H3,(H,18,19)/t14-/m1/s1. The van der Waals surface area contributed by atoms with E-state index in [0.29, 0.717) is 24.8 Å². The zero-order valence-corrected chi connectivity index (χ0v) is 13.7. The lowest BCUT2D eigenvalue weighted by molar-refractivity contribution is -0.141. The molecule has 1 aromatic carbocycles. The van der Waals surface area contributed by atoms with E-state index in [1.807, 2.05) is 0 Å². The molecule has 7 nitrogen and oxygen atoms in total. The lowest BCUT2D eigenvalue weighted by atomic mass is 10.1. The predicted octanol–water partition coefficient (Wildman–Crippen LogP) is 1.47. The first-order chi connectivity index (χ1) is 10.9. The summed E-state index contributed by atoms with van der Waals surface area (Å²) < 4.78 is 30.7. The largest absolute Gasteiger partial charge is 0.480 e. The third kappa shape index (κ3) is 7.25. The molecule has 0 spiro atoms. The van der Waals surface area contributed by atoms with Gasteiger partial charge in [0, 0.05) is 6.42 Å². The fourth-order valence-corrected chi connectivity index (χ4v) is 3.28. The number of unbranched alkanes of at least 4 members (excludes halogenated alkanes) is 2. The van der Waals surface area contributed by atoms with Crippen LogP contribution in [0.25, 0.3) is 0 Å². The molecular weight excluding hydrogens is 322 g/mol. The average molecular weight is 343 g/mol. The van der Waals surface area contributed by atoms with E-state index in [2.05, 4.69) is 9.46 Å². The number of benzene rings is 1. The maximum atomic E-state index is 12.0. The maximum absolute atomic E-state index is 12.0. The first-order valence-corrected chi connectivity index (χ1v) is 8.85. The van der Waals surface area contributed by atoms with Gasteiger partial charge in [0.1, 0.15) is 6.04 Å². The molecule has 128 valence electrons. The molecule has 0 heterocycles. The van der Waals surface area contributed by atoms with Gasteiger partial charge in [0.25, 0.3) is 0 Å². The molecule has 1 atom stereocenters. The SMILES string of the molecule is COC(=O)CCCCCS(=O)(=O)N[C@@H](C(=O)O)c1ccccc1. The van der Waals surface area contributed by atoms with E-state index in [-0.39, 0.29) is 18.1 Å².